The summed E-state index contributed by atoms with van der Waals surface area (Å²) >= 11 is 0. The van der Waals surface area contributed by atoms with Gasteiger partial charge in [0.05, 0.1) is 10.9 Å². The van der Waals surface area contributed by atoms with E-state index in [-0.39, 0.29) is 5.91 Å². The summed E-state index contributed by atoms with van der Waals surface area (Å²) in [7, 11) is 0. The molecule has 0 aliphatic rings. The first-order valence-electron chi connectivity index (χ1n) is 10.9. The second kappa shape index (κ2) is 9.11. The predicted molar refractivity (Wildman–Crippen MR) is 137 cm³/mol. The lowest BCUT2D eigenvalue weighted by Crippen LogP contribution is -2.06. The van der Waals surface area contributed by atoms with Gasteiger partial charge in [0.25, 0.3) is 0 Å². The fraction of sp³-hybridized carbons (Fsp3) is 0.0370. The summed E-state index contributed by atoms with van der Waals surface area (Å²) in [5.74, 6) is 0.778. The van der Waals surface area contributed by atoms with Crippen LogP contribution in [-0.4, -0.2) is 26.1 Å². The van der Waals surface area contributed by atoms with Crippen molar-refractivity contribution in [2.75, 3.05) is 11.1 Å². The van der Waals surface area contributed by atoms with Gasteiger partial charge in [-0.2, -0.15) is 5.10 Å². The van der Waals surface area contributed by atoms with E-state index < -0.39 is 0 Å². The topological polar surface area (TPSA) is 119 Å². The number of carbonyl (C=O) groups excluding carboxylic acids is 1. The molecule has 8 nitrogen and oxygen atoms in total. The molecule has 2 heterocycles. The van der Waals surface area contributed by atoms with E-state index in [2.05, 4.69) is 32.1 Å². The van der Waals surface area contributed by atoms with Gasteiger partial charge in [0, 0.05) is 23.1 Å². The normalized spacial score (nSPS) is 10.8. The van der Waals surface area contributed by atoms with E-state index in [0.717, 1.165) is 38.9 Å². The largest absolute Gasteiger partial charge is 0.424 e. The zero-order valence-electron chi connectivity index (χ0n) is 18.9. The highest BCUT2D eigenvalue weighted by molar-refractivity contribution is 6.08. The molecule has 172 valence electrons. The lowest BCUT2D eigenvalue weighted by molar-refractivity contribution is -0.111. The number of nitrogens with two attached hydrogens (primary N) is 1. The summed E-state index contributed by atoms with van der Waals surface area (Å²) < 4.78 is 5.81. The number of amides is 1. The molecule has 0 radical (unpaired) electrons. The van der Waals surface area contributed by atoms with Crippen molar-refractivity contribution in [1.29, 1.82) is 0 Å². The van der Waals surface area contributed by atoms with Crippen LogP contribution >= 0.6 is 0 Å². The fourth-order valence-corrected chi connectivity index (χ4v) is 3.88. The van der Waals surface area contributed by atoms with E-state index in [1.165, 1.54) is 6.08 Å². The zero-order valence-corrected chi connectivity index (χ0v) is 18.9. The number of aromatic nitrogens is 4. The predicted octanol–water partition coefficient (Wildman–Crippen LogP) is 5.49. The molecule has 0 saturated carbocycles. The van der Waals surface area contributed by atoms with Crippen molar-refractivity contribution >= 4 is 28.3 Å². The van der Waals surface area contributed by atoms with Gasteiger partial charge < -0.3 is 15.8 Å². The van der Waals surface area contributed by atoms with Crippen LogP contribution in [0.5, 0.6) is 11.8 Å². The SMILES string of the molecule is C=CC(=O)Nc1ccc(-c2ccc3[nH]nc(N)c3c2-c2ccc(Oc3nccc(C)n3)cc2)cc1. The quantitative estimate of drug-likeness (QED) is 0.287. The maximum atomic E-state index is 11.6. The van der Waals surface area contributed by atoms with Crippen LogP contribution in [0.1, 0.15) is 5.69 Å². The lowest BCUT2D eigenvalue weighted by Gasteiger charge is -2.14. The average molecular weight is 463 g/mol. The first-order valence-corrected chi connectivity index (χ1v) is 10.9. The number of hydrogen-bond acceptors (Lipinski definition) is 6. The summed E-state index contributed by atoms with van der Waals surface area (Å²) in [6, 6.07) is 21.4. The van der Waals surface area contributed by atoms with Crippen LogP contribution in [0.2, 0.25) is 0 Å². The van der Waals surface area contributed by atoms with Crippen LogP contribution in [0, 0.1) is 6.92 Å². The molecular weight excluding hydrogens is 440 g/mol. The summed E-state index contributed by atoms with van der Waals surface area (Å²) in [5.41, 5.74) is 12.4. The van der Waals surface area contributed by atoms with Crippen molar-refractivity contribution in [2.45, 2.75) is 6.92 Å². The maximum absolute atomic E-state index is 11.6. The van der Waals surface area contributed by atoms with Crippen molar-refractivity contribution in [3.63, 3.8) is 0 Å². The number of hydrogen-bond donors (Lipinski definition) is 3. The number of aromatic amines is 1. The number of aryl methyl sites for hydroxylation is 1. The Morgan fingerprint density at radius 2 is 1.77 bits per heavy atom. The van der Waals surface area contributed by atoms with E-state index in [1.54, 1.807) is 6.20 Å². The minimum Gasteiger partial charge on any atom is -0.424 e. The van der Waals surface area contributed by atoms with Gasteiger partial charge in [0.2, 0.25) is 5.91 Å². The molecule has 0 aliphatic heterocycles. The number of nitrogens with one attached hydrogen (secondary N) is 2. The molecule has 3 aromatic carbocycles. The molecule has 0 unspecified atom stereocenters. The standard InChI is InChI=1S/C27H22N6O2/c1-3-23(34)31-19-8-4-17(5-9-19)21-12-13-22-25(26(28)33-32-22)24(21)18-6-10-20(11-7-18)35-27-29-15-14-16(2)30-27/h3-15H,1H2,2H3,(H,31,34)(H3,28,32,33). The molecule has 2 aromatic heterocycles. The van der Waals surface area contributed by atoms with Crippen LogP contribution in [0.3, 0.4) is 0 Å². The summed E-state index contributed by atoms with van der Waals surface area (Å²) in [4.78, 5) is 20.1. The highest BCUT2D eigenvalue weighted by Gasteiger charge is 2.16. The van der Waals surface area contributed by atoms with Gasteiger partial charge in [-0.25, -0.2) is 9.97 Å². The number of nitrogens with zero attached hydrogens (tertiary/aromatic N) is 3. The molecule has 1 amide bonds. The first-order chi connectivity index (χ1) is 17.0. The number of carbonyl (C=O) groups is 1. The summed E-state index contributed by atoms with van der Waals surface area (Å²) in [6.45, 7) is 5.37. The minimum absolute atomic E-state index is 0.260. The number of ether oxygens (including phenoxy) is 1. The van der Waals surface area contributed by atoms with Gasteiger partial charge in [-0.3, -0.25) is 9.89 Å². The second-order valence-electron chi connectivity index (χ2n) is 7.90. The zero-order chi connectivity index (χ0) is 24.4. The number of anilines is 2. The molecule has 35 heavy (non-hydrogen) atoms. The van der Waals surface area contributed by atoms with Crippen LogP contribution in [0.15, 0.2) is 85.6 Å². The molecular formula is C27H22N6O2. The first kappa shape index (κ1) is 21.8. The lowest BCUT2D eigenvalue weighted by atomic mass is 9.91. The highest BCUT2D eigenvalue weighted by Crippen LogP contribution is 2.40. The Balaban J connectivity index is 1.55. The van der Waals surface area contributed by atoms with Gasteiger partial charge in [-0.15, -0.1) is 0 Å². The van der Waals surface area contributed by atoms with Crippen LogP contribution < -0.4 is 15.8 Å². The Labute approximate surface area is 201 Å². The van der Waals surface area contributed by atoms with Gasteiger partial charge in [0.15, 0.2) is 5.82 Å². The molecule has 0 fully saturated rings. The Morgan fingerprint density at radius 1 is 1.03 bits per heavy atom. The van der Waals surface area contributed by atoms with Crippen molar-refractivity contribution in [2.24, 2.45) is 0 Å². The molecule has 8 heteroatoms. The van der Waals surface area contributed by atoms with Gasteiger partial charge >= 0.3 is 6.01 Å². The Bertz CT molecular complexity index is 1540. The van der Waals surface area contributed by atoms with Crippen molar-refractivity contribution in [1.82, 2.24) is 20.2 Å². The number of rotatable bonds is 6. The number of fused-ring (bicyclic) bond motifs is 1. The highest BCUT2D eigenvalue weighted by atomic mass is 16.5. The molecule has 0 spiro atoms. The third-order valence-corrected chi connectivity index (χ3v) is 5.53. The maximum Gasteiger partial charge on any atom is 0.322 e. The molecule has 0 aliphatic carbocycles. The van der Waals surface area contributed by atoms with Gasteiger partial charge in [-0.05, 0) is 66.1 Å². The third-order valence-electron chi connectivity index (χ3n) is 5.53. The summed E-state index contributed by atoms with van der Waals surface area (Å²) in [5, 5.41) is 10.8. The summed E-state index contributed by atoms with van der Waals surface area (Å²) in [6.07, 6.45) is 2.90. The number of H-pyrrole nitrogens is 1. The van der Waals surface area contributed by atoms with E-state index >= 15 is 0 Å². The van der Waals surface area contributed by atoms with Crippen LogP contribution in [-0.2, 0) is 4.79 Å². The Kier molecular flexibility index (Phi) is 5.68. The van der Waals surface area contributed by atoms with E-state index in [4.69, 9.17) is 10.5 Å². The molecule has 5 rings (SSSR count). The molecule has 0 atom stereocenters. The molecule has 4 N–H and O–H groups in total. The van der Waals surface area contributed by atoms with Crippen LogP contribution in [0.4, 0.5) is 11.5 Å². The van der Waals surface area contributed by atoms with Gasteiger partial charge in [-0.1, -0.05) is 36.9 Å². The second-order valence-corrected chi connectivity index (χ2v) is 7.90. The van der Waals surface area contributed by atoms with Crippen molar-refractivity contribution < 1.29 is 9.53 Å². The Morgan fingerprint density at radius 3 is 2.49 bits per heavy atom. The van der Waals surface area contributed by atoms with E-state index in [1.807, 2.05) is 73.7 Å². The fourth-order valence-electron chi connectivity index (χ4n) is 3.88. The molecule has 0 bridgehead atoms. The molecule has 5 aromatic rings. The minimum atomic E-state index is -0.260. The Hall–Kier alpha value is -4.98. The van der Waals surface area contributed by atoms with Crippen molar-refractivity contribution in [3.05, 3.63) is 91.3 Å². The number of nitrogen functional groups attached to an aromatic ring is 1. The van der Waals surface area contributed by atoms with Gasteiger partial charge in [0.1, 0.15) is 5.75 Å². The monoisotopic (exact) mass is 462 g/mol. The molecule has 0 saturated heterocycles. The van der Waals surface area contributed by atoms with E-state index in [0.29, 0.717) is 23.3 Å². The average Bonchev–Trinajstić information content (AvgIpc) is 3.25. The third kappa shape index (κ3) is 4.45. The van der Waals surface area contributed by atoms with Crippen LogP contribution in [0.25, 0.3) is 33.2 Å². The number of benzene rings is 3. The van der Waals surface area contributed by atoms with E-state index in [9.17, 15) is 4.79 Å². The van der Waals surface area contributed by atoms with Crippen molar-refractivity contribution in [3.8, 4) is 34.0 Å². The smallest absolute Gasteiger partial charge is 0.322 e.